The van der Waals surface area contributed by atoms with E-state index in [0.717, 1.165) is 5.56 Å². The minimum atomic E-state index is -0.437. The van der Waals surface area contributed by atoms with Gasteiger partial charge in [-0.05, 0) is 25.8 Å². The Kier molecular flexibility index (Phi) is 6.19. The fourth-order valence-electron chi connectivity index (χ4n) is 1.97. The highest BCUT2D eigenvalue weighted by molar-refractivity contribution is 5.26. The zero-order valence-corrected chi connectivity index (χ0v) is 10.7. The van der Waals surface area contributed by atoms with Gasteiger partial charge < -0.3 is 15.6 Å². The van der Waals surface area contributed by atoms with Crippen molar-refractivity contribution in [1.82, 2.24) is 0 Å². The molecule has 0 spiro atoms. The first-order valence-corrected chi connectivity index (χ1v) is 6.21. The van der Waals surface area contributed by atoms with E-state index in [0.29, 0.717) is 26.2 Å². The molecule has 3 heteroatoms. The molecule has 0 bridgehead atoms. The van der Waals surface area contributed by atoms with Crippen LogP contribution in [0, 0.1) is 6.92 Å². The minimum Gasteiger partial charge on any atom is -0.392 e. The lowest BCUT2D eigenvalue weighted by atomic mass is 9.91. The molecule has 3 nitrogen and oxygen atoms in total. The zero-order chi connectivity index (χ0) is 12.7. The van der Waals surface area contributed by atoms with Crippen LogP contribution in [0.15, 0.2) is 24.3 Å². The number of hydrogen-bond acceptors (Lipinski definition) is 3. The fraction of sp³-hybridized carbons (Fsp3) is 0.571. The Hall–Kier alpha value is -0.900. The highest BCUT2D eigenvalue weighted by Gasteiger charge is 2.19. The van der Waals surface area contributed by atoms with Gasteiger partial charge in [-0.25, -0.2) is 0 Å². The van der Waals surface area contributed by atoms with E-state index in [2.05, 4.69) is 6.07 Å². The van der Waals surface area contributed by atoms with Crippen molar-refractivity contribution in [2.75, 3.05) is 19.8 Å². The lowest BCUT2D eigenvalue weighted by Gasteiger charge is -2.22. The summed E-state index contributed by atoms with van der Waals surface area (Å²) >= 11 is 0. The zero-order valence-electron chi connectivity index (χ0n) is 10.7. The van der Waals surface area contributed by atoms with Crippen LogP contribution in [0.5, 0.6) is 0 Å². The highest BCUT2D eigenvalue weighted by Crippen LogP contribution is 2.21. The van der Waals surface area contributed by atoms with Crippen molar-refractivity contribution in [3.8, 4) is 0 Å². The van der Waals surface area contributed by atoms with Gasteiger partial charge >= 0.3 is 0 Å². The van der Waals surface area contributed by atoms with Crippen molar-refractivity contribution in [2.24, 2.45) is 5.73 Å². The fourth-order valence-corrected chi connectivity index (χ4v) is 1.97. The highest BCUT2D eigenvalue weighted by atomic mass is 16.5. The molecular formula is C14H23NO2. The van der Waals surface area contributed by atoms with Crippen molar-refractivity contribution in [3.05, 3.63) is 35.4 Å². The van der Waals surface area contributed by atoms with Crippen molar-refractivity contribution in [1.29, 1.82) is 0 Å². The number of aliphatic hydroxyl groups excluding tert-OH is 1. The van der Waals surface area contributed by atoms with Crippen LogP contribution in [0.4, 0.5) is 0 Å². The van der Waals surface area contributed by atoms with Crippen molar-refractivity contribution < 1.29 is 9.84 Å². The van der Waals surface area contributed by atoms with E-state index in [-0.39, 0.29) is 5.92 Å². The van der Waals surface area contributed by atoms with Crippen LogP contribution in [0.25, 0.3) is 0 Å². The lowest BCUT2D eigenvalue weighted by Crippen LogP contribution is -2.27. The Bertz CT molecular complexity index is 328. The molecule has 0 aliphatic rings. The third-order valence-electron chi connectivity index (χ3n) is 2.95. The summed E-state index contributed by atoms with van der Waals surface area (Å²) < 4.78 is 5.26. The van der Waals surface area contributed by atoms with E-state index in [1.807, 2.05) is 32.0 Å². The maximum absolute atomic E-state index is 10.1. The summed E-state index contributed by atoms with van der Waals surface area (Å²) in [5, 5.41) is 10.1. The smallest absolute Gasteiger partial charge is 0.0642 e. The number of hydrogen-bond donors (Lipinski definition) is 2. The molecule has 96 valence electrons. The number of rotatable bonds is 7. The van der Waals surface area contributed by atoms with Crippen LogP contribution in [0.2, 0.25) is 0 Å². The van der Waals surface area contributed by atoms with Crippen molar-refractivity contribution >= 4 is 0 Å². The molecule has 0 heterocycles. The van der Waals surface area contributed by atoms with Crippen molar-refractivity contribution in [3.63, 3.8) is 0 Å². The Morgan fingerprint density at radius 1 is 1.41 bits per heavy atom. The monoisotopic (exact) mass is 237 g/mol. The summed E-state index contributed by atoms with van der Waals surface area (Å²) in [6.07, 6.45) is 0.192. The molecule has 0 saturated heterocycles. The van der Waals surface area contributed by atoms with Gasteiger partial charge in [0, 0.05) is 25.7 Å². The summed E-state index contributed by atoms with van der Waals surface area (Å²) in [6.45, 7) is 5.72. The summed E-state index contributed by atoms with van der Waals surface area (Å²) in [5.74, 6) is -0.00430. The first-order valence-electron chi connectivity index (χ1n) is 6.21. The Balaban J connectivity index is 2.63. The normalized spacial score (nSPS) is 14.6. The number of benzene rings is 1. The summed E-state index contributed by atoms with van der Waals surface area (Å²) in [5.41, 5.74) is 8.06. The third kappa shape index (κ3) is 4.46. The van der Waals surface area contributed by atoms with Gasteiger partial charge in [-0.3, -0.25) is 0 Å². The maximum atomic E-state index is 10.1. The molecule has 0 aromatic heterocycles. The lowest BCUT2D eigenvalue weighted by molar-refractivity contribution is 0.0752. The molecule has 0 amide bonds. The molecule has 0 radical (unpaired) electrons. The number of nitrogens with two attached hydrogens (primary N) is 1. The molecule has 0 fully saturated rings. The largest absolute Gasteiger partial charge is 0.392 e. The second kappa shape index (κ2) is 7.43. The molecule has 0 saturated carbocycles. The van der Waals surface area contributed by atoms with Crippen molar-refractivity contribution in [2.45, 2.75) is 32.3 Å². The van der Waals surface area contributed by atoms with Crippen LogP contribution in [0.3, 0.4) is 0 Å². The molecule has 3 N–H and O–H groups in total. The second-order valence-corrected chi connectivity index (χ2v) is 4.31. The van der Waals surface area contributed by atoms with Crippen LogP contribution < -0.4 is 5.73 Å². The van der Waals surface area contributed by atoms with Gasteiger partial charge in [-0.1, -0.05) is 29.8 Å². The first kappa shape index (κ1) is 14.2. The average molecular weight is 237 g/mol. The van der Waals surface area contributed by atoms with Gasteiger partial charge in [-0.2, -0.15) is 0 Å². The van der Waals surface area contributed by atoms with E-state index in [9.17, 15) is 5.11 Å². The van der Waals surface area contributed by atoms with Gasteiger partial charge in [0.15, 0.2) is 0 Å². The Morgan fingerprint density at radius 2 is 2.18 bits per heavy atom. The molecule has 0 aliphatic carbocycles. The van der Waals surface area contributed by atoms with E-state index >= 15 is 0 Å². The predicted octanol–water partition coefficient (Wildman–Crippen LogP) is 1.82. The van der Waals surface area contributed by atoms with E-state index in [1.54, 1.807) is 0 Å². The molecular weight excluding hydrogens is 214 g/mol. The topological polar surface area (TPSA) is 55.5 Å². The Morgan fingerprint density at radius 3 is 2.76 bits per heavy atom. The van der Waals surface area contributed by atoms with Gasteiger partial charge in [0.25, 0.3) is 0 Å². The quantitative estimate of drug-likeness (QED) is 0.711. The minimum absolute atomic E-state index is 0.00430. The molecule has 1 aromatic carbocycles. The number of aryl methyl sites for hydroxylation is 1. The number of ether oxygens (including phenoxy) is 1. The van der Waals surface area contributed by atoms with E-state index in [4.69, 9.17) is 10.5 Å². The average Bonchev–Trinajstić information content (AvgIpc) is 2.30. The van der Waals surface area contributed by atoms with E-state index < -0.39 is 6.10 Å². The van der Waals surface area contributed by atoms with Gasteiger partial charge in [0.2, 0.25) is 0 Å². The van der Waals surface area contributed by atoms with Crippen LogP contribution >= 0.6 is 0 Å². The second-order valence-electron chi connectivity index (χ2n) is 4.31. The Labute approximate surface area is 104 Å². The van der Waals surface area contributed by atoms with Gasteiger partial charge in [-0.15, -0.1) is 0 Å². The predicted molar refractivity (Wildman–Crippen MR) is 70.1 cm³/mol. The molecule has 17 heavy (non-hydrogen) atoms. The molecule has 1 rings (SSSR count). The van der Waals surface area contributed by atoms with Crippen LogP contribution in [-0.4, -0.2) is 31.0 Å². The van der Waals surface area contributed by atoms with Gasteiger partial charge in [0.05, 0.1) is 6.10 Å². The van der Waals surface area contributed by atoms with Gasteiger partial charge in [0.1, 0.15) is 0 Å². The molecule has 1 aromatic rings. The number of aliphatic hydroxyl groups is 1. The first-order chi connectivity index (χ1) is 8.19. The standard InChI is InChI=1S/C14H23NO2/c1-3-17-8-7-14(16)13(10-15)12-6-4-5-11(2)9-12/h4-6,9,13-14,16H,3,7-8,10,15H2,1-2H3. The van der Waals surface area contributed by atoms with Crippen LogP contribution in [-0.2, 0) is 4.74 Å². The third-order valence-corrected chi connectivity index (χ3v) is 2.95. The van der Waals surface area contributed by atoms with E-state index in [1.165, 1.54) is 5.56 Å². The summed E-state index contributed by atoms with van der Waals surface area (Å²) in [7, 11) is 0. The summed E-state index contributed by atoms with van der Waals surface area (Å²) in [6, 6.07) is 8.15. The molecule has 2 atom stereocenters. The SMILES string of the molecule is CCOCCC(O)C(CN)c1cccc(C)c1. The van der Waals surface area contributed by atoms with Crippen LogP contribution in [0.1, 0.15) is 30.4 Å². The molecule has 2 unspecified atom stereocenters. The molecule has 0 aliphatic heterocycles. The maximum Gasteiger partial charge on any atom is 0.0642 e. The summed E-state index contributed by atoms with van der Waals surface area (Å²) in [4.78, 5) is 0.